The number of amides is 1. The Balaban J connectivity index is 1.85. The summed E-state index contributed by atoms with van der Waals surface area (Å²) in [5, 5.41) is 3.18. The molecule has 2 N–H and O–H groups in total. The van der Waals surface area contributed by atoms with Crippen LogP contribution in [0.25, 0.3) is 11.0 Å². The Labute approximate surface area is 117 Å². The van der Waals surface area contributed by atoms with E-state index in [1.165, 1.54) is 25.3 Å². The van der Waals surface area contributed by atoms with Crippen molar-refractivity contribution < 1.29 is 13.9 Å². The number of imidazole rings is 1. The molecule has 0 saturated carbocycles. The second-order valence-electron chi connectivity index (χ2n) is 3.80. The van der Waals surface area contributed by atoms with Crippen LogP contribution in [0.3, 0.4) is 0 Å². The highest BCUT2D eigenvalue weighted by Gasteiger charge is 2.08. The molecule has 0 fully saturated rings. The van der Waals surface area contributed by atoms with E-state index in [2.05, 4.69) is 25.0 Å². The van der Waals surface area contributed by atoms with Gasteiger partial charge in [0, 0.05) is 4.90 Å². The molecule has 3 aromatic rings. The molecule has 0 radical (unpaired) electrons. The molecule has 2 aromatic heterocycles. The van der Waals surface area contributed by atoms with Crippen LogP contribution in [0.5, 0.6) is 0 Å². The third kappa shape index (κ3) is 2.59. The monoisotopic (exact) mass is 290 g/mol. The molecule has 8 heteroatoms. The fourth-order valence-corrected chi connectivity index (χ4v) is 2.37. The summed E-state index contributed by atoms with van der Waals surface area (Å²) in [6, 6.07) is 5.70. The summed E-state index contributed by atoms with van der Waals surface area (Å²) in [7, 11) is 1.30. The van der Waals surface area contributed by atoms with Gasteiger partial charge in [0.1, 0.15) is 0 Å². The van der Waals surface area contributed by atoms with Crippen molar-refractivity contribution >= 4 is 34.8 Å². The lowest BCUT2D eigenvalue weighted by molar-refractivity contribution is 0.186. The van der Waals surface area contributed by atoms with Crippen molar-refractivity contribution in [2.75, 3.05) is 12.4 Å². The number of H-pyrrole nitrogens is 1. The van der Waals surface area contributed by atoms with Gasteiger partial charge in [-0.1, -0.05) is 11.8 Å². The summed E-state index contributed by atoms with van der Waals surface area (Å²) >= 11 is 1.44. The maximum absolute atomic E-state index is 11.1. The Morgan fingerprint density at radius 3 is 3.15 bits per heavy atom. The van der Waals surface area contributed by atoms with Gasteiger partial charge in [0.25, 0.3) is 0 Å². The Kier molecular flexibility index (Phi) is 3.30. The number of fused-ring (bicyclic) bond motifs is 1. The van der Waals surface area contributed by atoms with E-state index in [1.807, 2.05) is 18.2 Å². The number of ether oxygens (including phenoxy) is 1. The van der Waals surface area contributed by atoms with Gasteiger partial charge >= 0.3 is 6.09 Å². The van der Waals surface area contributed by atoms with Crippen LogP contribution in [-0.2, 0) is 4.74 Å². The SMILES string of the molecule is COC(=O)Nc1nc2cc(Sc3cnco3)ccc2[nH]1. The predicted molar refractivity (Wildman–Crippen MR) is 72.7 cm³/mol. The Morgan fingerprint density at radius 2 is 2.40 bits per heavy atom. The second kappa shape index (κ2) is 5.25. The number of aromatic nitrogens is 3. The fraction of sp³-hybridized carbons (Fsp3) is 0.0833. The molecule has 1 amide bonds. The van der Waals surface area contributed by atoms with Crippen LogP contribution in [0.2, 0.25) is 0 Å². The van der Waals surface area contributed by atoms with Crippen LogP contribution in [0.4, 0.5) is 10.7 Å². The van der Waals surface area contributed by atoms with E-state index >= 15 is 0 Å². The second-order valence-corrected chi connectivity index (χ2v) is 4.88. The number of hydrogen-bond donors (Lipinski definition) is 2. The van der Waals surface area contributed by atoms with E-state index in [0.717, 1.165) is 15.9 Å². The highest BCUT2D eigenvalue weighted by molar-refractivity contribution is 7.99. The first-order chi connectivity index (χ1) is 9.74. The average Bonchev–Trinajstić information content (AvgIpc) is 3.07. The van der Waals surface area contributed by atoms with E-state index in [1.54, 1.807) is 6.20 Å². The molecule has 0 unspecified atom stereocenters. The first-order valence-electron chi connectivity index (χ1n) is 5.65. The molecule has 0 spiro atoms. The summed E-state index contributed by atoms with van der Waals surface area (Å²) in [6.07, 6.45) is 2.46. The van der Waals surface area contributed by atoms with Gasteiger partial charge in [-0.2, -0.15) is 0 Å². The van der Waals surface area contributed by atoms with E-state index in [-0.39, 0.29) is 0 Å². The predicted octanol–water partition coefficient (Wildman–Crippen LogP) is 2.88. The van der Waals surface area contributed by atoms with Gasteiger partial charge in [-0.3, -0.25) is 5.32 Å². The van der Waals surface area contributed by atoms with Crippen molar-refractivity contribution in [2.24, 2.45) is 0 Å². The topological polar surface area (TPSA) is 93.0 Å². The van der Waals surface area contributed by atoms with Crippen LogP contribution in [0.15, 0.2) is 45.2 Å². The summed E-state index contributed by atoms with van der Waals surface area (Å²) in [6.45, 7) is 0. The van der Waals surface area contributed by atoms with Crippen molar-refractivity contribution in [2.45, 2.75) is 9.99 Å². The molecule has 0 bridgehead atoms. The molecule has 0 aliphatic carbocycles. The molecule has 0 aliphatic heterocycles. The summed E-state index contributed by atoms with van der Waals surface area (Å²) in [5.41, 5.74) is 1.55. The Hall–Kier alpha value is -2.48. The minimum Gasteiger partial charge on any atom is -0.453 e. The van der Waals surface area contributed by atoms with Gasteiger partial charge in [0.15, 0.2) is 11.5 Å². The number of nitrogens with zero attached hydrogens (tertiary/aromatic N) is 2. The lowest BCUT2D eigenvalue weighted by atomic mass is 10.3. The maximum atomic E-state index is 11.1. The summed E-state index contributed by atoms with van der Waals surface area (Å²) in [5.74, 6) is 0.341. The highest BCUT2D eigenvalue weighted by atomic mass is 32.2. The number of anilines is 1. The molecule has 3 rings (SSSR count). The molecule has 20 heavy (non-hydrogen) atoms. The average molecular weight is 290 g/mol. The Morgan fingerprint density at radius 1 is 1.50 bits per heavy atom. The molecular weight excluding hydrogens is 280 g/mol. The number of carbonyl (C=O) groups excluding carboxylic acids is 1. The third-order valence-corrected chi connectivity index (χ3v) is 3.38. The zero-order chi connectivity index (χ0) is 13.9. The number of benzene rings is 1. The fourth-order valence-electron chi connectivity index (χ4n) is 1.63. The third-order valence-electron chi connectivity index (χ3n) is 2.49. The lowest BCUT2D eigenvalue weighted by Crippen LogP contribution is -2.11. The summed E-state index contributed by atoms with van der Waals surface area (Å²) in [4.78, 5) is 23.2. The van der Waals surface area contributed by atoms with E-state index in [0.29, 0.717) is 11.0 Å². The van der Waals surface area contributed by atoms with Crippen molar-refractivity contribution in [3.05, 3.63) is 30.8 Å². The maximum Gasteiger partial charge on any atom is 0.413 e. The quantitative estimate of drug-likeness (QED) is 0.770. The largest absolute Gasteiger partial charge is 0.453 e. The van der Waals surface area contributed by atoms with Gasteiger partial charge in [-0.25, -0.2) is 14.8 Å². The van der Waals surface area contributed by atoms with Gasteiger partial charge < -0.3 is 14.1 Å². The van der Waals surface area contributed by atoms with Crippen molar-refractivity contribution in [1.82, 2.24) is 15.0 Å². The molecular formula is C12H10N4O3S. The van der Waals surface area contributed by atoms with Crippen LogP contribution >= 0.6 is 11.8 Å². The van der Waals surface area contributed by atoms with Gasteiger partial charge in [-0.15, -0.1) is 0 Å². The zero-order valence-corrected chi connectivity index (χ0v) is 11.2. The molecule has 0 aliphatic rings. The van der Waals surface area contributed by atoms with Crippen LogP contribution in [0.1, 0.15) is 0 Å². The highest BCUT2D eigenvalue weighted by Crippen LogP contribution is 2.29. The number of aromatic amines is 1. The van der Waals surface area contributed by atoms with Crippen LogP contribution < -0.4 is 5.32 Å². The number of hydrogen-bond acceptors (Lipinski definition) is 6. The lowest BCUT2D eigenvalue weighted by Gasteiger charge is -1.96. The molecule has 7 nitrogen and oxygen atoms in total. The first-order valence-corrected chi connectivity index (χ1v) is 6.47. The van der Waals surface area contributed by atoms with E-state index in [9.17, 15) is 4.79 Å². The zero-order valence-electron chi connectivity index (χ0n) is 10.4. The molecule has 102 valence electrons. The van der Waals surface area contributed by atoms with Crippen LogP contribution in [-0.4, -0.2) is 28.2 Å². The van der Waals surface area contributed by atoms with Crippen molar-refractivity contribution in [3.8, 4) is 0 Å². The van der Waals surface area contributed by atoms with E-state index in [4.69, 9.17) is 4.42 Å². The minimum atomic E-state index is -0.569. The van der Waals surface area contributed by atoms with E-state index < -0.39 is 6.09 Å². The number of oxazole rings is 1. The number of rotatable bonds is 3. The smallest absolute Gasteiger partial charge is 0.413 e. The van der Waals surface area contributed by atoms with Crippen molar-refractivity contribution in [3.63, 3.8) is 0 Å². The number of methoxy groups -OCH3 is 1. The first kappa shape index (κ1) is 12.5. The minimum absolute atomic E-state index is 0.341. The number of nitrogens with one attached hydrogen (secondary N) is 2. The van der Waals surface area contributed by atoms with Gasteiger partial charge in [-0.05, 0) is 18.2 Å². The normalized spacial score (nSPS) is 10.7. The molecule has 0 saturated heterocycles. The van der Waals surface area contributed by atoms with Gasteiger partial charge in [0.2, 0.25) is 5.95 Å². The number of carbonyl (C=O) groups is 1. The van der Waals surface area contributed by atoms with Crippen molar-refractivity contribution in [1.29, 1.82) is 0 Å². The Bertz CT molecular complexity index is 738. The molecule has 1 aromatic carbocycles. The molecule has 2 heterocycles. The molecule has 0 atom stereocenters. The standard InChI is InChI=1S/C12H10N4O3S/c1-18-12(17)16-11-14-8-3-2-7(4-9(8)15-11)20-10-5-13-6-19-10/h2-6H,1H3,(H2,14,15,16,17). The summed E-state index contributed by atoms with van der Waals surface area (Å²) < 4.78 is 9.68. The van der Waals surface area contributed by atoms with Gasteiger partial charge in [0.05, 0.1) is 24.3 Å². The van der Waals surface area contributed by atoms with Crippen LogP contribution in [0, 0.1) is 0 Å².